The summed E-state index contributed by atoms with van der Waals surface area (Å²) in [5.74, 6) is -0.547. The van der Waals surface area contributed by atoms with Gasteiger partial charge in [0, 0.05) is 16.1 Å². The molecule has 5 aromatic rings. The maximum Gasteiger partial charge on any atom is 0.266 e. The van der Waals surface area contributed by atoms with Crippen LogP contribution in [-0.2, 0) is 4.79 Å². The number of thioether (sulfide) groups is 1. The fourth-order valence-electron chi connectivity index (χ4n) is 4.11. The maximum atomic E-state index is 13.5. The molecule has 0 saturated heterocycles. The van der Waals surface area contributed by atoms with Crippen LogP contribution in [0.3, 0.4) is 0 Å². The van der Waals surface area contributed by atoms with E-state index in [0.717, 1.165) is 17.3 Å². The van der Waals surface area contributed by atoms with Crippen LogP contribution in [0.25, 0.3) is 16.6 Å². The smallest absolute Gasteiger partial charge is 0.266 e. The van der Waals surface area contributed by atoms with Crippen LogP contribution in [0, 0.1) is 6.92 Å². The fraction of sp³-hybridized carbons (Fsp3) is 0.0667. The molecule has 0 aliphatic carbocycles. The lowest BCUT2D eigenvalue weighted by molar-refractivity contribution is -0.113. The van der Waals surface area contributed by atoms with Gasteiger partial charge in [-0.15, -0.1) is 0 Å². The third-order valence-corrected chi connectivity index (χ3v) is 7.39. The van der Waals surface area contributed by atoms with Crippen molar-refractivity contribution in [3.63, 3.8) is 0 Å². The number of hydrogen-bond donors (Lipinski definition) is 1. The van der Waals surface area contributed by atoms with Gasteiger partial charge in [0.05, 0.1) is 28.0 Å². The van der Waals surface area contributed by atoms with Gasteiger partial charge in [-0.2, -0.15) is 0 Å². The van der Waals surface area contributed by atoms with Crippen molar-refractivity contribution < 1.29 is 9.59 Å². The zero-order valence-electron chi connectivity index (χ0n) is 20.4. The molecule has 1 aromatic heterocycles. The van der Waals surface area contributed by atoms with Crippen LogP contribution in [0.4, 0.5) is 5.69 Å². The lowest BCUT2D eigenvalue weighted by atomic mass is 10.0. The van der Waals surface area contributed by atoms with Crippen LogP contribution in [0.5, 0.6) is 0 Å². The molecule has 0 unspecified atom stereocenters. The molecule has 0 fully saturated rings. The van der Waals surface area contributed by atoms with Crippen molar-refractivity contribution in [3.05, 3.63) is 129 Å². The number of benzene rings is 4. The molecule has 6 nitrogen and oxygen atoms in total. The Hall–Kier alpha value is -4.20. The van der Waals surface area contributed by atoms with Gasteiger partial charge in [0.25, 0.3) is 5.56 Å². The number of amides is 1. The summed E-state index contributed by atoms with van der Waals surface area (Å²) in [7, 11) is 0. The summed E-state index contributed by atoms with van der Waals surface area (Å²) >= 11 is 7.49. The number of nitrogens with zero attached hydrogens (tertiary/aromatic N) is 2. The second kappa shape index (κ2) is 11.0. The standard InChI is InChI=1S/C30H22ClN3O3S/c1-19-23(31)14-9-17-26(19)34-29(37)22-13-6-8-16-25(22)33-30(34)38-18-27(35)32-24-15-7-5-12-21(24)28(36)20-10-3-2-4-11-20/h2-17H,18H2,1H3,(H,32,35). The Labute approximate surface area is 228 Å². The number of nitrogens with one attached hydrogen (secondary N) is 1. The van der Waals surface area contributed by atoms with Crippen LogP contribution in [0.1, 0.15) is 21.5 Å². The first kappa shape index (κ1) is 25.4. The minimum Gasteiger partial charge on any atom is -0.325 e. The molecule has 1 amide bonds. The molecule has 0 aliphatic heterocycles. The molecule has 0 aliphatic rings. The number of hydrogen-bond acceptors (Lipinski definition) is 5. The Bertz CT molecular complexity index is 1730. The number of para-hydroxylation sites is 2. The minimum atomic E-state index is -0.333. The highest BCUT2D eigenvalue weighted by Gasteiger charge is 2.18. The average molecular weight is 540 g/mol. The molecule has 0 bridgehead atoms. The van der Waals surface area contributed by atoms with Crippen molar-refractivity contribution in [2.45, 2.75) is 12.1 Å². The Morgan fingerprint density at radius 1 is 0.895 bits per heavy atom. The second-order valence-electron chi connectivity index (χ2n) is 8.51. The summed E-state index contributed by atoms with van der Waals surface area (Å²) in [6.07, 6.45) is 0. The zero-order valence-corrected chi connectivity index (χ0v) is 21.9. The van der Waals surface area contributed by atoms with Gasteiger partial charge in [-0.05, 0) is 48.9 Å². The van der Waals surface area contributed by atoms with E-state index in [0.29, 0.717) is 43.6 Å². The molecule has 0 saturated carbocycles. The minimum absolute atomic E-state index is 0.0295. The first-order chi connectivity index (χ1) is 18.4. The van der Waals surface area contributed by atoms with E-state index in [2.05, 4.69) is 5.32 Å². The molecule has 0 radical (unpaired) electrons. The Morgan fingerprint density at radius 3 is 2.42 bits per heavy atom. The number of rotatable bonds is 7. The van der Waals surface area contributed by atoms with Crippen LogP contribution >= 0.6 is 23.4 Å². The molecule has 8 heteroatoms. The van der Waals surface area contributed by atoms with Gasteiger partial charge in [-0.25, -0.2) is 4.98 Å². The lowest BCUT2D eigenvalue weighted by Crippen LogP contribution is -2.23. The third kappa shape index (κ3) is 5.11. The first-order valence-electron chi connectivity index (χ1n) is 11.8. The van der Waals surface area contributed by atoms with E-state index in [4.69, 9.17) is 16.6 Å². The highest BCUT2D eigenvalue weighted by molar-refractivity contribution is 7.99. The lowest BCUT2D eigenvalue weighted by Gasteiger charge is -2.16. The van der Waals surface area contributed by atoms with Crippen molar-refractivity contribution in [1.82, 2.24) is 9.55 Å². The van der Waals surface area contributed by atoms with Crippen molar-refractivity contribution in [1.29, 1.82) is 0 Å². The monoisotopic (exact) mass is 539 g/mol. The van der Waals surface area contributed by atoms with Gasteiger partial charge >= 0.3 is 0 Å². The van der Waals surface area contributed by atoms with Crippen molar-refractivity contribution >= 4 is 51.6 Å². The number of aromatic nitrogens is 2. The largest absolute Gasteiger partial charge is 0.325 e. The Balaban J connectivity index is 1.45. The number of anilines is 1. The summed E-state index contributed by atoms with van der Waals surface area (Å²) < 4.78 is 1.49. The van der Waals surface area contributed by atoms with Crippen LogP contribution < -0.4 is 10.9 Å². The summed E-state index contributed by atoms with van der Waals surface area (Å²) in [6, 6.07) is 28.2. The summed E-state index contributed by atoms with van der Waals surface area (Å²) in [5.41, 5.74) is 2.96. The number of ketones is 1. The summed E-state index contributed by atoms with van der Waals surface area (Å²) in [5, 5.41) is 4.20. The van der Waals surface area contributed by atoms with Crippen LogP contribution in [-0.4, -0.2) is 27.0 Å². The van der Waals surface area contributed by atoms with Gasteiger partial charge in [-0.1, -0.05) is 84.0 Å². The normalized spacial score (nSPS) is 10.9. The summed E-state index contributed by atoms with van der Waals surface area (Å²) in [4.78, 5) is 44.3. The fourth-order valence-corrected chi connectivity index (χ4v) is 5.09. The SMILES string of the molecule is Cc1c(Cl)cccc1-n1c(SCC(=O)Nc2ccccc2C(=O)c2ccccc2)nc2ccccc2c1=O. The third-order valence-electron chi connectivity index (χ3n) is 6.04. The molecule has 188 valence electrons. The summed E-state index contributed by atoms with van der Waals surface area (Å²) in [6.45, 7) is 1.83. The topological polar surface area (TPSA) is 81.1 Å². The van der Waals surface area contributed by atoms with E-state index in [-0.39, 0.29) is 23.0 Å². The maximum absolute atomic E-state index is 13.5. The molecule has 0 spiro atoms. The number of halogens is 1. The molecule has 38 heavy (non-hydrogen) atoms. The first-order valence-corrected chi connectivity index (χ1v) is 13.2. The van der Waals surface area contributed by atoms with E-state index >= 15 is 0 Å². The van der Waals surface area contributed by atoms with Crippen molar-refractivity contribution in [2.24, 2.45) is 0 Å². The van der Waals surface area contributed by atoms with E-state index in [1.54, 1.807) is 84.9 Å². The van der Waals surface area contributed by atoms with Gasteiger partial charge in [-0.3, -0.25) is 19.0 Å². The van der Waals surface area contributed by atoms with E-state index in [1.807, 2.05) is 19.1 Å². The number of carbonyl (C=O) groups is 2. The van der Waals surface area contributed by atoms with Gasteiger partial charge < -0.3 is 5.32 Å². The highest BCUT2D eigenvalue weighted by Crippen LogP contribution is 2.27. The molecular weight excluding hydrogens is 518 g/mol. The van der Waals surface area contributed by atoms with Gasteiger partial charge in [0.15, 0.2) is 10.9 Å². The highest BCUT2D eigenvalue weighted by atomic mass is 35.5. The zero-order chi connectivity index (χ0) is 26.6. The van der Waals surface area contributed by atoms with Gasteiger partial charge in [0.1, 0.15) is 0 Å². The van der Waals surface area contributed by atoms with Crippen LogP contribution in [0.15, 0.2) is 107 Å². The molecular formula is C30H22ClN3O3S. The molecule has 0 atom stereocenters. The average Bonchev–Trinajstić information content (AvgIpc) is 2.94. The quantitative estimate of drug-likeness (QED) is 0.149. The Kier molecular flexibility index (Phi) is 7.40. The van der Waals surface area contributed by atoms with E-state index in [1.165, 1.54) is 4.57 Å². The number of carbonyl (C=O) groups excluding carboxylic acids is 2. The molecule has 1 N–H and O–H groups in total. The second-order valence-corrected chi connectivity index (χ2v) is 9.86. The Morgan fingerprint density at radius 2 is 1.61 bits per heavy atom. The van der Waals surface area contributed by atoms with Crippen molar-refractivity contribution in [3.8, 4) is 5.69 Å². The number of fused-ring (bicyclic) bond motifs is 1. The van der Waals surface area contributed by atoms with Crippen LogP contribution in [0.2, 0.25) is 5.02 Å². The molecule has 1 heterocycles. The van der Waals surface area contributed by atoms with E-state index in [9.17, 15) is 14.4 Å². The van der Waals surface area contributed by atoms with E-state index < -0.39 is 0 Å². The predicted octanol–water partition coefficient (Wildman–Crippen LogP) is 6.31. The predicted molar refractivity (Wildman–Crippen MR) is 153 cm³/mol. The van der Waals surface area contributed by atoms with Gasteiger partial charge in [0.2, 0.25) is 5.91 Å². The van der Waals surface area contributed by atoms with Crippen molar-refractivity contribution in [2.75, 3.05) is 11.1 Å². The molecule has 4 aromatic carbocycles. The molecule has 5 rings (SSSR count).